The minimum atomic E-state index is -0.649. The summed E-state index contributed by atoms with van der Waals surface area (Å²) in [4.78, 5) is 25.7. The number of rotatable bonds is 0. The van der Waals surface area contributed by atoms with Crippen LogP contribution in [-0.2, 0) is 14.3 Å². The largest absolute Gasteiger partial charge is 0.452 e. The summed E-state index contributed by atoms with van der Waals surface area (Å²) < 4.78 is 11.2. The van der Waals surface area contributed by atoms with E-state index in [9.17, 15) is 9.59 Å². The number of halogens is 2. The van der Waals surface area contributed by atoms with Crippen molar-refractivity contribution in [2.24, 2.45) is 11.3 Å². The second-order valence-corrected chi connectivity index (χ2v) is 7.80. The van der Waals surface area contributed by atoms with Gasteiger partial charge in [0.25, 0.3) is 0 Å². The number of hydrogen-bond acceptors (Lipinski definition) is 4. The van der Waals surface area contributed by atoms with Crippen LogP contribution in [0.2, 0.25) is 0 Å². The van der Waals surface area contributed by atoms with Gasteiger partial charge in [-0.2, -0.15) is 0 Å². The van der Waals surface area contributed by atoms with Crippen molar-refractivity contribution < 1.29 is 19.1 Å². The van der Waals surface area contributed by atoms with Crippen LogP contribution in [0.3, 0.4) is 0 Å². The fourth-order valence-corrected chi connectivity index (χ4v) is 6.21. The molecule has 2 bridgehead atoms. The molecule has 21 heavy (non-hydrogen) atoms. The smallest absolute Gasteiger partial charge is 0.416 e. The van der Waals surface area contributed by atoms with E-state index in [4.69, 9.17) is 9.47 Å². The monoisotopic (exact) mass is 421 g/mol. The molecule has 2 aliphatic heterocycles. The first kappa shape index (κ1) is 15.3. The summed E-state index contributed by atoms with van der Waals surface area (Å²) in [5.74, 6) is -0.184. The molecule has 0 aromatic heterocycles. The zero-order valence-corrected chi connectivity index (χ0v) is 14.9. The van der Waals surface area contributed by atoms with Crippen molar-refractivity contribution in [3.63, 3.8) is 0 Å². The second-order valence-electron chi connectivity index (χ2n) is 5.83. The van der Waals surface area contributed by atoms with Crippen molar-refractivity contribution in [3.8, 4) is 0 Å². The molecule has 1 aliphatic carbocycles. The summed E-state index contributed by atoms with van der Waals surface area (Å²) in [5, 5.41) is 0. The molecule has 7 heteroatoms. The average Bonchev–Trinajstić information content (AvgIpc) is 2.48. The number of carbonyl (C=O) groups excluding carboxylic acids is 2. The lowest BCUT2D eigenvalue weighted by Gasteiger charge is -2.53. The van der Waals surface area contributed by atoms with Crippen LogP contribution in [0.1, 0.15) is 32.1 Å². The molecule has 0 aromatic rings. The SMILES string of the molecule is COC(=O)N1C=C(Br)[C@@H]2C(Br)[C@H]1OC(=O)C21CCCCC1. The third kappa shape index (κ3) is 2.23. The molecule has 0 N–H and O–H groups in total. The van der Waals surface area contributed by atoms with E-state index in [1.807, 2.05) is 0 Å². The summed E-state index contributed by atoms with van der Waals surface area (Å²) in [5.41, 5.74) is -0.472. The number of esters is 1. The molecule has 0 radical (unpaired) electrons. The molecule has 1 spiro atoms. The predicted octanol–water partition coefficient (Wildman–Crippen LogP) is 3.52. The lowest BCUT2D eigenvalue weighted by atomic mass is 9.63. The molecule has 1 amide bonds. The number of ether oxygens (including phenoxy) is 2. The Labute approximate surface area is 140 Å². The molecule has 2 fully saturated rings. The summed E-state index contributed by atoms with van der Waals surface area (Å²) in [6.07, 6.45) is 5.43. The second kappa shape index (κ2) is 5.57. The van der Waals surface area contributed by atoms with Crippen LogP contribution in [0.4, 0.5) is 4.79 Å². The van der Waals surface area contributed by atoms with E-state index in [1.165, 1.54) is 12.0 Å². The zero-order chi connectivity index (χ0) is 15.2. The number of amides is 1. The van der Waals surface area contributed by atoms with Crippen LogP contribution < -0.4 is 0 Å². The Kier molecular flexibility index (Phi) is 4.07. The van der Waals surface area contributed by atoms with Gasteiger partial charge in [0.05, 0.1) is 17.4 Å². The number of methoxy groups -OCH3 is 1. The standard InChI is InChI=1S/C14H17Br2NO4/c1-20-13(19)17-7-8(15)9-10(16)11(17)21-12(18)14(9)5-3-2-4-6-14/h7,9-11H,2-6H2,1H3/t9-,10?,11-/m1/s1. The number of hydrogen-bond donors (Lipinski definition) is 0. The predicted molar refractivity (Wildman–Crippen MR) is 82.9 cm³/mol. The molecule has 3 atom stereocenters. The summed E-state index contributed by atoms with van der Waals surface area (Å²) in [6, 6.07) is 0. The van der Waals surface area contributed by atoms with Gasteiger partial charge in [-0.25, -0.2) is 9.69 Å². The molecule has 3 rings (SSSR count). The maximum absolute atomic E-state index is 12.7. The first-order chi connectivity index (χ1) is 10.0. The molecule has 1 saturated heterocycles. The maximum atomic E-state index is 12.7. The molecule has 0 aromatic carbocycles. The van der Waals surface area contributed by atoms with Crippen molar-refractivity contribution in [3.05, 3.63) is 10.7 Å². The minimum absolute atomic E-state index is 0.00459. The van der Waals surface area contributed by atoms with Crippen molar-refractivity contribution in [2.45, 2.75) is 43.2 Å². The normalized spacial score (nSPS) is 34.2. The molecule has 2 heterocycles. The van der Waals surface area contributed by atoms with Gasteiger partial charge in [-0.3, -0.25) is 4.79 Å². The van der Waals surface area contributed by atoms with Gasteiger partial charge in [0.15, 0.2) is 6.23 Å². The number of fused-ring (bicyclic) bond motifs is 3. The third-order valence-corrected chi connectivity index (χ3v) is 6.46. The van der Waals surface area contributed by atoms with E-state index >= 15 is 0 Å². The fraction of sp³-hybridized carbons (Fsp3) is 0.714. The Morgan fingerprint density at radius 3 is 2.71 bits per heavy atom. The summed E-state index contributed by atoms with van der Waals surface area (Å²) >= 11 is 7.22. The molecule has 116 valence electrons. The number of carbonyl (C=O) groups is 2. The average molecular weight is 423 g/mol. The van der Waals surface area contributed by atoms with Crippen LogP contribution in [0.25, 0.3) is 0 Å². The molecule has 1 saturated carbocycles. The van der Waals surface area contributed by atoms with Gasteiger partial charge in [0, 0.05) is 16.6 Å². The molecule has 5 nitrogen and oxygen atoms in total. The van der Waals surface area contributed by atoms with Crippen molar-refractivity contribution in [2.75, 3.05) is 7.11 Å². The van der Waals surface area contributed by atoms with E-state index in [0.717, 1.165) is 36.6 Å². The zero-order valence-electron chi connectivity index (χ0n) is 11.7. The van der Waals surface area contributed by atoms with Gasteiger partial charge in [0.2, 0.25) is 0 Å². The summed E-state index contributed by atoms with van der Waals surface area (Å²) in [7, 11) is 1.31. The van der Waals surface area contributed by atoms with Crippen molar-refractivity contribution >= 4 is 43.9 Å². The highest BCUT2D eigenvalue weighted by Gasteiger charge is 2.60. The highest BCUT2D eigenvalue weighted by molar-refractivity contribution is 9.12. The Balaban J connectivity index is 2.02. The van der Waals surface area contributed by atoms with Crippen LogP contribution in [0.15, 0.2) is 10.7 Å². The Hall–Kier alpha value is -0.560. The lowest BCUT2D eigenvalue weighted by molar-refractivity contribution is -0.188. The van der Waals surface area contributed by atoms with E-state index in [-0.39, 0.29) is 16.7 Å². The molecular weight excluding hydrogens is 406 g/mol. The quantitative estimate of drug-likeness (QED) is 0.442. The Morgan fingerprint density at radius 2 is 2.10 bits per heavy atom. The van der Waals surface area contributed by atoms with Crippen molar-refractivity contribution in [1.29, 1.82) is 0 Å². The van der Waals surface area contributed by atoms with Gasteiger partial charge in [-0.15, -0.1) is 0 Å². The topological polar surface area (TPSA) is 55.8 Å². The van der Waals surface area contributed by atoms with E-state index in [0.29, 0.717) is 0 Å². The van der Waals surface area contributed by atoms with E-state index in [2.05, 4.69) is 31.9 Å². The number of nitrogens with zero attached hydrogens (tertiary/aromatic N) is 1. The highest BCUT2D eigenvalue weighted by Crippen LogP contribution is 2.56. The Bertz CT molecular complexity index is 501. The van der Waals surface area contributed by atoms with Gasteiger partial charge in [0.1, 0.15) is 0 Å². The highest BCUT2D eigenvalue weighted by atomic mass is 79.9. The van der Waals surface area contributed by atoms with Crippen LogP contribution in [0, 0.1) is 11.3 Å². The number of allylic oxidation sites excluding steroid dienone is 1. The first-order valence-corrected chi connectivity index (χ1v) is 8.81. The third-order valence-electron chi connectivity index (χ3n) is 4.79. The summed E-state index contributed by atoms with van der Waals surface area (Å²) in [6.45, 7) is 0. The van der Waals surface area contributed by atoms with Gasteiger partial charge < -0.3 is 9.47 Å². The van der Waals surface area contributed by atoms with Crippen LogP contribution in [-0.4, -0.2) is 35.1 Å². The number of alkyl halides is 1. The van der Waals surface area contributed by atoms with Crippen LogP contribution >= 0.6 is 31.9 Å². The van der Waals surface area contributed by atoms with E-state index < -0.39 is 17.7 Å². The first-order valence-electron chi connectivity index (χ1n) is 7.10. The molecular formula is C14H17Br2NO4. The minimum Gasteiger partial charge on any atom is -0.452 e. The van der Waals surface area contributed by atoms with Gasteiger partial charge >= 0.3 is 12.1 Å². The van der Waals surface area contributed by atoms with Crippen LogP contribution in [0.5, 0.6) is 0 Å². The lowest BCUT2D eigenvalue weighted by Crippen LogP contribution is -2.62. The van der Waals surface area contributed by atoms with Gasteiger partial charge in [-0.05, 0) is 12.8 Å². The molecule has 3 aliphatic rings. The Morgan fingerprint density at radius 1 is 1.43 bits per heavy atom. The van der Waals surface area contributed by atoms with E-state index in [1.54, 1.807) is 6.20 Å². The van der Waals surface area contributed by atoms with Crippen molar-refractivity contribution in [1.82, 2.24) is 4.90 Å². The van der Waals surface area contributed by atoms with Gasteiger partial charge in [-0.1, -0.05) is 51.1 Å². The molecule has 1 unspecified atom stereocenters. The fourth-order valence-electron chi connectivity index (χ4n) is 3.76. The maximum Gasteiger partial charge on any atom is 0.416 e.